The van der Waals surface area contributed by atoms with Crippen molar-refractivity contribution in [2.45, 2.75) is 24.9 Å². The molecule has 7 heteroatoms. The lowest BCUT2D eigenvalue weighted by atomic mass is 9.75. The minimum Gasteiger partial charge on any atom is -0.443 e. The molecule has 0 spiro atoms. The number of hydrogen-bond acceptors (Lipinski definition) is 5. The molecule has 126 valence electrons. The van der Waals surface area contributed by atoms with E-state index < -0.39 is 15.2 Å². The predicted octanol–water partition coefficient (Wildman–Crippen LogP) is 3.33. The van der Waals surface area contributed by atoms with Crippen molar-refractivity contribution in [2.75, 3.05) is 0 Å². The number of rotatable bonds is 2. The predicted molar refractivity (Wildman–Crippen MR) is 93.0 cm³/mol. The van der Waals surface area contributed by atoms with Gasteiger partial charge in [0.1, 0.15) is 12.1 Å². The van der Waals surface area contributed by atoms with Gasteiger partial charge in [0.05, 0.1) is 11.4 Å². The highest BCUT2D eigenvalue weighted by Crippen LogP contribution is 2.51. The molecular formula is C18H14N2O4S. The second-order valence-electron chi connectivity index (χ2n) is 6.52. The first kappa shape index (κ1) is 14.8. The van der Waals surface area contributed by atoms with E-state index in [1.807, 2.05) is 6.08 Å². The molecule has 1 aromatic rings. The molecule has 0 saturated carbocycles. The maximum atomic E-state index is 11.3. The fourth-order valence-electron chi connectivity index (χ4n) is 4.00. The van der Waals surface area contributed by atoms with Crippen LogP contribution in [0.2, 0.25) is 0 Å². The Labute approximate surface area is 144 Å². The average Bonchev–Trinajstić information content (AvgIpc) is 3.28. The fraction of sp³-hybridized carbons (Fsp3) is 0.222. The van der Waals surface area contributed by atoms with Gasteiger partial charge in [0.15, 0.2) is 0 Å². The van der Waals surface area contributed by atoms with Crippen molar-refractivity contribution in [3.63, 3.8) is 0 Å². The van der Waals surface area contributed by atoms with Crippen LogP contribution >= 0.6 is 0 Å². The van der Waals surface area contributed by atoms with Crippen molar-refractivity contribution < 1.29 is 17.4 Å². The van der Waals surface area contributed by atoms with Gasteiger partial charge in [-0.3, -0.25) is 4.55 Å². The van der Waals surface area contributed by atoms with Gasteiger partial charge in [0.25, 0.3) is 0 Å². The van der Waals surface area contributed by atoms with Crippen molar-refractivity contribution in [1.29, 1.82) is 0 Å². The third-order valence-electron chi connectivity index (χ3n) is 5.14. The Hall–Kier alpha value is -2.51. The van der Waals surface area contributed by atoms with Gasteiger partial charge < -0.3 is 4.42 Å². The smallest absolute Gasteiger partial charge is 0.328 e. The van der Waals surface area contributed by atoms with E-state index >= 15 is 0 Å². The van der Waals surface area contributed by atoms with Gasteiger partial charge in [-0.15, -0.1) is 0 Å². The molecule has 4 aliphatic rings. The SMILES string of the molecule is CC1C2=CCC3=C2C(=C2N=CN=C2C3)C=C1c1ccc(S(=O)(=O)O)o1. The zero-order valence-electron chi connectivity index (χ0n) is 13.4. The average molecular weight is 354 g/mol. The van der Waals surface area contributed by atoms with Crippen LogP contribution in [0.3, 0.4) is 0 Å². The van der Waals surface area contributed by atoms with Gasteiger partial charge in [-0.1, -0.05) is 18.6 Å². The summed E-state index contributed by atoms with van der Waals surface area (Å²) in [5, 5.41) is -0.444. The van der Waals surface area contributed by atoms with Crippen LogP contribution in [-0.4, -0.2) is 25.0 Å². The summed E-state index contributed by atoms with van der Waals surface area (Å²) in [6, 6.07) is 2.86. The largest absolute Gasteiger partial charge is 0.443 e. The second-order valence-corrected chi connectivity index (χ2v) is 7.87. The molecular weight excluding hydrogens is 340 g/mol. The molecule has 1 aliphatic heterocycles. The Morgan fingerprint density at radius 3 is 2.88 bits per heavy atom. The minimum absolute atomic E-state index is 0.0705. The van der Waals surface area contributed by atoms with E-state index in [1.165, 1.54) is 22.8 Å². The summed E-state index contributed by atoms with van der Waals surface area (Å²) in [4.78, 5) is 8.78. The zero-order chi connectivity index (χ0) is 17.3. The number of allylic oxidation sites excluding steroid dienone is 8. The third-order valence-corrected chi connectivity index (χ3v) is 5.87. The lowest BCUT2D eigenvalue weighted by molar-refractivity contribution is 0.400. The first-order valence-corrected chi connectivity index (χ1v) is 9.43. The highest BCUT2D eigenvalue weighted by Gasteiger charge is 2.37. The van der Waals surface area contributed by atoms with E-state index in [9.17, 15) is 13.0 Å². The number of aliphatic imine (C=N–C) groups is 2. The lowest BCUT2D eigenvalue weighted by Crippen LogP contribution is -2.17. The van der Waals surface area contributed by atoms with Crippen molar-refractivity contribution in [2.24, 2.45) is 15.9 Å². The molecule has 3 aliphatic carbocycles. The highest BCUT2D eigenvalue weighted by molar-refractivity contribution is 7.85. The summed E-state index contributed by atoms with van der Waals surface area (Å²) in [6.07, 6.45) is 7.55. The Morgan fingerprint density at radius 2 is 2.12 bits per heavy atom. The Balaban J connectivity index is 1.72. The summed E-state index contributed by atoms with van der Waals surface area (Å²) >= 11 is 0. The molecule has 0 radical (unpaired) electrons. The van der Waals surface area contributed by atoms with E-state index in [4.69, 9.17) is 4.42 Å². The van der Waals surface area contributed by atoms with E-state index in [0.717, 1.165) is 35.4 Å². The van der Waals surface area contributed by atoms with Crippen molar-refractivity contribution in [1.82, 2.24) is 0 Å². The van der Waals surface area contributed by atoms with Crippen LogP contribution in [0.25, 0.3) is 5.57 Å². The van der Waals surface area contributed by atoms with Crippen molar-refractivity contribution in [3.05, 3.63) is 58.0 Å². The molecule has 1 atom stereocenters. The normalized spacial score (nSPS) is 24.2. The van der Waals surface area contributed by atoms with Crippen LogP contribution in [0.15, 0.2) is 71.8 Å². The molecule has 0 aromatic carbocycles. The standard InChI is InChI=1S/C18H14N2O4S/c1-9-11-3-2-10-6-14-18(20-8-19-14)13(17(10)11)7-12(9)15-4-5-16(24-15)25(21,22)23/h3-5,7-9H,2,6H2,1H3,(H,21,22,23). The van der Waals surface area contributed by atoms with E-state index in [0.29, 0.717) is 5.76 Å². The molecule has 2 heterocycles. The summed E-state index contributed by atoms with van der Waals surface area (Å²) in [5.74, 6) is 0.508. The number of hydrogen-bond donors (Lipinski definition) is 1. The molecule has 0 saturated heterocycles. The van der Waals surface area contributed by atoms with Gasteiger partial charge in [-0.25, -0.2) is 9.98 Å². The first-order valence-electron chi connectivity index (χ1n) is 7.99. The molecule has 0 fully saturated rings. The summed E-state index contributed by atoms with van der Waals surface area (Å²) in [6.45, 7) is 2.08. The van der Waals surface area contributed by atoms with Gasteiger partial charge >= 0.3 is 10.1 Å². The van der Waals surface area contributed by atoms with Crippen molar-refractivity contribution >= 4 is 27.7 Å². The molecule has 25 heavy (non-hydrogen) atoms. The quantitative estimate of drug-likeness (QED) is 0.825. The van der Waals surface area contributed by atoms with Crippen LogP contribution in [0.5, 0.6) is 0 Å². The van der Waals surface area contributed by atoms with Crippen LogP contribution in [0.1, 0.15) is 25.5 Å². The Bertz CT molecular complexity index is 1120. The molecule has 0 bridgehead atoms. The van der Waals surface area contributed by atoms with E-state index in [1.54, 1.807) is 12.4 Å². The number of furan rings is 1. The van der Waals surface area contributed by atoms with Gasteiger partial charge in [0.2, 0.25) is 5.09 Å². The summed E-state index contributed by atoms with van der Waals surface area (Å²) in [5.41, 5.74) is 7.60. The monoisotopic (exact) mass is 354 g/mol. The lowest BCUT2D eigenvalue weighted by Gasteiger charge is -2.29. The van der Waals surface area contributed by atoms with Crippen molar-refractivity contribution in [3.8, 4) is 0 Å². The van der Waals surface area contributed by atoms with Crippen LogP contribution in [0, 0.1) is 5.92 Å². The highest BCUT2D eigenvalue weighted by atomic mass is 32.2. The van der Waals surface area contributed by atoms with Crippen LogP contribution < -0.4 is 0 Å². The van der Waals surface area contributed by atoms with Crippen LogP contribution in [-0.2, 0) is 10.1 Å². The van der Waals surface area contributed by atoms with E-state index in [2.05, 4.69) is 23.0 Å². The number of fused-ring (bicyclic) bond motifs is 1. The Morgan fingerprint density at radius 1 is 1.28 bits per heavy atom. The molecule has 6 nitrogen and oxygen atoms in total. The number of nitrogens with zero attached hydrogens (tertiary/aromatic N) is 2. The topological polar surface area (TPSA) is 92.2 Å². The molecule has 1 unspecified atom stereocenters. The fourth-order valence-corrected chi connectivity index (χ4v) is 4.43. The molecule has 5 rings (SSSR count). The minimum atomic E-state index is -4.36. The maximum Gasteiger partial charge on any atom is 0.328 e. The second kappa shape index (κ2) is 4.77. The summed E-state index contributed by atoms with van der Waals surface area (Å²) in [7, 11) is -4.36. The van der Waals surface area contributed by atoms with Gasteiger partial charge in [-0.05, 0) is 35.8 Å². The first-order chi connectivity index (χ1) is 11.9. The molecule has 0 amide bonds. The third kappa shape index (κ3) is 2.03. The summed E-state index contributed by atoms with van der Waals surface area (Å²) < 4.78 is 37.2. The van der Waals surface area contributed by atoms with Gasteiger partial charge in [-0.2, -0.15) is 8.42 Å². The van der Waals surface area contributed by atoms with Crippen LogP contribution in [0.4, 0.5) is 0 Å². The van der Waals surface area contributed by atoms with E-state index in [-0.39, 0.29) is 5.92 Å². The maximum absolute atomic E-state index is 11.3. The molecule has 1 aromatic heterocycles. The zero-order valence-corrected chi connectivity index (χ0v) is 14.2. The Kier molecular flexibility index (Phi) is 2.82. The van der Waals surface area contributed by atoms with Gasteiger partial charge in [0, 0.05) is 23.5 Å². The molecule has 1 N–H and O–H groups in total.